The highest BCUT2D eigenvalue weighted by molar-refractivity contribution is 7.99. The summed E-state index contributed by atoms with van der Waals surface area (Å²) in [5.74, 6) is 1.65. The van der Waals surface area contributed by atoms with E-state index in [0.717, 1.165) is 31.9 Å². The first-order valence-corrected chi connectivity index (χ1v) is 8.65. The van der Waals surface area contributed by atoms with E-state index in [-0.39, 0.29) is 11.6 Å². The van der Waals surface area contributed by atoms with Crippen molar-refractivity contribution in [1.29, 1.82) is 5.26 Å². The number of morpholine rings is 1. The van der Waals surface area contributed by atoms with Crippen LogP contribution in [0.25, 0.3) is 0 Å². The molecule has 0 N–H and O–H groups in total. The van der Waals surface area contributed by atoms with Crippen LogP contribution in [0.2, 0.25) is 0 Å². The molecule has 0 saturated carbocycles. The molecule has 1 aromatic carbocycles. The van der Waals surface area contributed by atoms with Crippen LogP contribution in [-0.2, 0) is 4.74 Å². The molecule has 1 aliphatic rings. The Morgan fingerprint density at radius 2 is 2.14 bits per heavy atom. The van der Waals surface area contributed by atoms with Crippen LogP contribution >= 0.6 is 11.8 Å². The van der Waals surface area contributed by atoms with Crippen LogP contribution in [0.1, 0.15) is 31.9 Å². The van der Waals surface area contributed by atoms with Crippen LogP contribution in [0.15, 0.2) is 30.3 Å². The minimum atomic E-state index is 0.0885. The van der Waals surface area contributed by atoms with Gasteiger partial charge in [-0.25, -0.2) is 0 Å². The normalized spacial score (nSPS) is 21.9. The first kappa shape index (κ1) is 16.4. The van der Waals surface area contributed by atoms with Crippen LogP contribution in [-0.4, -0.2) is 41.6 Å². The molecule has 1 fully saturated rings. The molecule has 0 amide bonds. The number of nitrogens with zero attached hydrogens (tertiary/aromatic N) is 2. The average molecular weight is 304 g/mol. The predicted octanol–water partition coefficient (Wildman–Crippen LogP) is 3.49. The van der Waals surface area contributed by atoms with Gasteiger partial charge in [-0.05, 0) is 38.1 Å². The summed E-state index contributed by atoms with van der Waals surface area (Å²) in [5, 5.41) is 8.56. The van der Waals surface area contributed by atoms with Gasteiger partial charge in [0.25, 0.3) is 0 Å². The van der Waals surface area contributed by atoms with Gasteiger partial charge in [0.2, 0.25) is 0 Å². The third kappa shape index (κ3) is 4.74. The molecule has 0 bridgehead atoms. The lowest BCUT2D eigenvalue weighted by Crippen LogP contribution is -2.54. The van der Waals surface area contributed by atoms with E-state index in [2.05, 4.69) is 49.1 Å². The van der Waals surface area contributed by atoms with Crippen LogP contribution in [0.4, 0.5) is 0 Å². The zero-order chi connectivity index (χ0) is 15.1. The van der Waals surface area contributed by atoms with E-state index >= 15 is 0 Å². The maximum Gasteiger partial charge on any atom is 0.0952 e. The molecule has 4 heteroatoms. The van der Waals surface area contributed by atoms with Crippen molar-refractivity contribution in [3.8, 4) is 6.07 Å². The van der Waals surface area contributed by atoms with Gasteiger partial charge in [0.1, 0.15) is 0 Å². The highest BCUT2D eigenvalue weighted by Crippen LogP contribution is 2.30. The number of rotatable bonds is 6. The van der Waals surface area contributed by atoms with Crippen molar-refractivity contribution in [2.45, 2.75) is 31.9 Å². The fourth-order valence-corrected chi connectivity index (χ4v) is 3.20. The zero-order valence-electron chi connectivity index (χ0n) is 12.9. The Morgan fingerprint density at radius 3 is 2.86 bits per heavy atom. The quantitative estimate of drug-likeness (QED) is 0.754. The average Bonchev–Trinajstić information content (AvgIpc) is 2.49. The van der Waals surface area contributed by atoms with Crippen molar-refractivity contribution >= 4 is 11.8 Å². The maximum atomic E-state index is 8.56. The van der Waals surface area contributed by atoms with E-state index in [0.29, 0.717) is 5.75 Å². The second kappa shape index (κ2) is 7.84. The number of ether oxygens (including phenoxy) is 1. The van der Waals surface area contributed by atoms with Crippen LogP contribution in [0.3, 0.4) is 0 Å². The summed E-state index contributed by atoms with van der Waals surface area (Å²) in [6, 6.07) is 12.6. The van der Waals surface area contributed by atoms with E-state index in [9.17, 15) is 0 Å². The minimum Gasteiger partial charge on any atom is -0.370 e. The molecule has 0 aliphatic carbocycles. The van der Waals surface area contributed by atoms with Crippen molar-refractivity contribution in [2.24, 2.45) is 0 Å². The Labute approximate surface area is 132 Å². The Bertz CT molecular complexity index is 469. The van der Waals surface area contributed by atoms with Crippen molar-refractivity contribution < 1.29 is 4.74 Å². The first-order chi connectivity index (χ1) is 10.1. The molecule has 2 rings (SSSR count). The molecule has 1 aromatic rings. The predicted molar refractivity (Wildman–Crippen MR) is 88.3 cm³/mol. The topological polar surface area (TPSA) is 36.3 Å². The van der Waals surface area contributed by atoms with Gasteiger partial charge in [0.15, 0.2) is 0 Å². The number of hydrogen-bond donors (Lipinski definition) is 0. The highest BCUT2D eigenvalue weighted by atomic mass is 32.2. The van der Waals surface area contributed by atoms with Gasteiger partial charge in [-0.1, -0.05) is 30.3 Å². The molecule has 0 radical (unpaired) electrons. The number of nitriles is 1. The van der Waals surface area contributed by atoms with E-state index in [1.807, 2.05) is 6.07 Å². The summed E-state index contributed by atoms with van der Waals surface area (Å²) >= 11 is 1.72. The van der Waals surface area contributed by atoms with Crippen LogP contribution in [0.5, 0.6) is 0 Å². The third-order valence-electron chi connectivity index (χ3n) is 3.93. The van der Waals surface area contributed by atoms with Crippen molar-refractivity contribution in [1.82, 2.24) is 4.90 Å². The van der Waals surface area contributed by atoms with Gasteiger partial charge in [-0.2, -0.15) is 5.26 Å². The monoisotopic (exact) mass is 304 g/mol. The van der Waals surface area contributed by atoms with Gasteiger partial charge >= 0.3 is 0 Å². The lowest BCUT2D eigenvalue weighted by atomic mass is 9.98. The first-order valence-electron chi connectivity index (χ1n) is 7.50. The largest absolute Gasteiger partial charge is 0.370 e. The van der Waals surface area contributed by atoms with E-state index < -0.39 is 0 Å². The number of benzene rings is 1. The fourth-order valence-electron chi connectivity index (χ4n) is 2.63. The standard InChI is InChI=1S/C17H24N2OS/c1-17(2)14-20-16(15-7-4-3-5-8-15)13-19(17)10-6-11-21-12-9-18/h3-5,7-8,16H,6,10-14H2,1-2H3/t16-/m1/s1. The summed E-state index contributed by atoms with van der Waals surface area (Å²) in [6.07, 6.45) is 1.29. The molecule has 0 unspecified atom stereocenters. The molecule has 0 aromatic heterocycles. The summed E-state index contributed by atoms with van der Waals surface area (Å²) in [7, 11) is 0. The van der Waals surface area contributed by atoms with Gasteiger partial charge in [0, 0.05) is 12.1 Å². The number of thioether (sulfide) groups is 1. The Kier molecular flexibility index (Phi) is 6.10. The second-order valence-corrected chi connectivity index (χ2v) is 7.14. The Balaban J connectivity index is 1.89. The molecule has 3 nitrogen and oxygen atoms in total. The molecule has 1 atom stereocenters. The molecule has 1 heterocycles. The minimum absolute atomic E-state index is 0.0885. The lowest BCUT2D eigenvalue weighted by Gasteiger charge is -2.45. The van der Waals surface area contributed by atoms with E-state index in [1.165, 1.54) is 5.56 Å². The molecule has 1 aliphatic heterocycles. The zero-order valence-corrected chi connectivity index (χ0v) is 13.7. The van der Waals surface area contributed by atoms with Gasteiger partial charge in [0.05, 0.1) is 24.5 Å². The van der Waals surface area contributed by atoms with E-state index in [1.54, 1.807) is 11.8 Å². The van der Waals surface area contributed by atoms with Crippen molar-refractivity contribution in [2.75, 3.05) is 31.2 Å². The SMILES string of the molecule is CC1(C)CO[C@@H](c2ccccc2)CN1CCCSCC#N. The van der Waals surface area contributed by atoms with Crippen LogP contribution in [0, 0.1) is 11.3 Å². The van der Waals surface area contributed by atoms with Crippen molar-refractivity contribution in [3.05, 3.63) is 35.9 Å². The van der Waals surface area contributed by atoms with Gasteiger partial charge in [-0.3, -0.25) is 4.90 Å². The summed E-state index contributed by atoms with van der Waals surface area (Å²) in [5.41, 5.74) is 1.35. The summed E-state index contributed by atoms with van der Waals surface area (Å²) in [4.78, 5) is 2.53. The number of hydrogen-bond acceptors (Lipinski definition) is 4. The molecular weight excluding hydrogens is 280 g/mol. The molecule has 1 saturated heterocycles. The highest BCUT2D eigenvalue weighted by Gasteiger charge is 2.34. The second-order valence-electron chi connectivity index (χ2n) is 6.03. The molecule has 114 valence electrons. The Hall–Kier alpha value is -1.02. The maximum absolute atomic E-state index is 8.56. The van der Waals surface area contributed by atoms with Gasteiger partial charge < -0.3 is 4.74 Å². The summed E-state index contributed by atoms with van der Waals surface area (Å²) < 4.78 is 6.06. The molecular formula is C17H24N2OS. The van der Waals surface area contributed by atoms with Crippen molar-refractivity contribution in [3.63, 3.8) is 0 Å². The third-order valence-corrected chi connectivity index (χ3v) is 4.85. The molecule has 21 heavy (non-hydrogen) atoms. The smallest absolute Gasteiger partial charge is 0.0952 e. The Morgan fingerprint density at radius 1 is 1.38 bits per heavy atom. The van der Waals surface area contributed by atoms with E-state index in [4.69, 9.17) is 10.00 Å². The lowest BCUT2D eigenvalue weighted by molar-refractivity contribution is -0.100. The fraction of sp³-hybridized carbons (Fsp3) is 0.588. The van der Waals surface area contributed by atoms with Crippen LogP contribution < -0.4 is 0 Å². The summed E-state index contributed by atoms with van der Waals surface area (Å²) in [6.45, 7) is 7.27. The molecule has 0 spiro atoms. The van der Waals surface area contributed by atoms with Gasteiger partial charge in [-0.15, -0.1) is 11.8 Å².